The van der Waals surface area contributed by atoms with Gasteiger partial charge in [0.1, 0.15) is 12.6 Å². The zero-order valence-electron chi connectivity index (χ0n) is 26.0. The minimum Gasteiger partial charge on any atom is -0.493 e. The van der Waals surface area contributed by atoms with Gasteiger partial charge >= 0.3 is 0 Å². The number of rotatable bonds is 14. The van der Waals surface area contributed by atoms with Gasteiger partial charge in [-0.2, -0.15) is 0 Å². The van der Waals surface area contributed by atoms with Gasteiger partial charge in [-0.15, -0.1) is 0 Å². The van der Waals surface area contributed by atoms with Crippen LogP contribution in [-0.4, -0.2) is 58.5 Å². The topological polar surface area (TPSA) is 105 Å². The zero-order valence-corrected chi connectivity index (χ0v) is 26.8. The predicted molar refractivity (Wildman–Crippen MR) is 175 cm³/mol. The number of likely N-dealkylation sites (N-methyl/N-ethyl adjacent to an activating group) is 1. The molecule has 4 rings (SSSR count). The summed E-state index contributed by atoms with van der Waals surface area (Å²) in [5, 5.41) is 2.87. The number of benzene rings is 4. The summed E-state index contributed by atoms with van der Waals surface area (Å²) in [4.78, 5) is 29.4. The van der Waals surface area contributed by atoms with Crippen LogP contribution in [0.15, 0.2) is 108 Å². The van der Waals surface area contributed by atoms with Gasteiger partial charge in [0.2, 0.25) is 11.8 Å². The van der Waals surface area contributed by atoms with Crippen LogP contribution in [0.2, 0.25) is 0 Å². The molecule has 1 N–H and O–H groups in total. The number of ether oxygens (including phenoxy) is 2. The SMILES string of the molecule is CCNC(=O)[C@H](Cc1ccccc1)N(Cc1ccc(C)cc1)C(=O)CN(c1ccccc1)S(=O)(=O)c1ccc(OC)c(OC)c1. The Labute approximate surface area is 265 Å². The largest absolute Gasteiger partial charge is 0.493 e. The molecule has 0 fully saturated rings. The Kier molecular flexibility index (Phi) is 11.2. The van der Waals surface area contributed by atoms with Crippen molar-refractivity contribution in [2.45, 2.75) is 37.8 Å². The van der Waals surface area contributed by atoms with Crippen molar-refractivity contribution in [1.82, 2.24) is 10.2 Å². The Morgan fingerprint density at radius 2 is 1.42 bits per heavy atom. The van der Waals surface area contributed by atoms with E-state index in [1.165, 1.54) is 37.3 Å². The van der Waals surface area contributed by atoms with Gasteiger partial charge in [-0.05, 0) is 49.2 Å². The van der Waals surface area contributed by atoms with Gasteiger partial charge in [-0.3, -0.25) is 13.9 Å². The van der Waals surface area contributed by atoms with E-state index >= 15 is 0 Å². The van der Waals surface area contributed by atoms with Crippen LogP contribution in [0.3, 0.4) is 0 Å². The molecule has 0 aliphatic rings. The minimum absolute atomic E-state index is 0.0774. The number of methoxy groups -OCH3 is 2. The monoisotopic (exact) mass is 629 g/mol. The molecule has 9 nitrogen and oxygen atoms in total. The molecule has 4 aromatic carbocycles. The highest BCUT2D eigenvalue weighted by atomic mass is 32.2. The molecule has 0 aliphatic carbocycles. The quantitative estimate of drug-likeness (QED) is 0.211. The number of nitrogens with zero attached hydrogens (tertiary/aromatic N) is 2. The van der Waals surface area contributed by atoms with Crippen LogP contribution < -0.4 is 19.1 Å². The third kappa shape index (κ3) is 8.21. The molecule has 0 bridgehead atoms. The molecule has 0 saturated heterocycles. The molecule has 0 radical (unpaired) electrons. The van der Waals surface area contributed by atoms with Gasteiger partial charge in [0.05, 0.1) is 24.8 Å². The average molecular weight is 630 g/mol. The van der Waals surface area contributed by atoms with E-state index in [0.717, 1.165) is 21.0 Å². The first-order valence-electron chi connectivity index (χ1n) is 14.6. The standard InChI is InChI=1S/C35H39N3O6S/c1-5-36-35(40)31(22-27-12-8-6-9-13-27)37(24-28-18-16-26(2)17-19-28)34(39)25-38(29-14-10-7-11-15-29)45(41,42)30-20-21-32(43-3)33(23-30)44-4/h6-21,23,31H,5,22,24-25H2,1-4H3,(H,36,40)/t31-/m0/s1. The second kappa shape index (κ2) is 15.3. The number of amides is 2. The lowest BCUT2D eigenvalue weighted by Gasteiger charge is -2.34. The van der Waals surface area contributed by atoms with E-state index in [0.29, 0.717) is 18.0 Å². The summed E-state index contributed by atoms with van der Waals surface area (Å²) in [6, 6.07) is 28.9. The van der Waals surface area contributed by atoms with E-state index in [2.05, 4.69) is 5.32 Å². The highest BCUT2D eigenvalue weighted by Crippen LogP contribution is 2.32. The van der Waals surface area contributed by atoms with Gasteiger partial charge in [-0.25, -0.2) is 8.42 Å². The van der Waals surface area contributed by atoms with Crippen molar-refractivity contribution in [3.05, 3.63) is 120 Å². The van der Waals surface area contributed by atoms with Crippen molar-refractivity contribution in [3.8, 4) is 11.5 Å². The molecule has 2 amide bonds. The number of carbonyl (C=O) groups excluding carboxylic acids is 2. The Morgan fingerprint density at radius 1 is 0.800 bits per heavy atom. The lowest BCUT2D eigenvalue weighted by Crippen LogP contribution is -2.53. The molecular weight excluding hydrogens is 590 g/mol. The number of hydrogen-bond acceptors (Lipinski definition) is 6. The van der Waals surface area contributed by atoms with Crippen LogP contribution in [0.4, 0.5) is 5.69 Å². The summed E-state index contributed by atoms with van der Waals surface area (Å²) in [5.74, 6) is -0.252. The molecule has 0 aromatic heterocycles. The molecule has 236 valence electrons. The molecule has 4 aromatic rings. The van der Waals surface area contributed by atoms with E-state index in [4.69, 9.17) is 9.47 Å². The summed E-state index contributed by atoms with van der Waals surface area (Å²) in [6.45, 7) is 3.72. The van der Waals surface area contributed by atoms with Gasteiger partial charge in [0.15, 0.2) is 11.5 Å². The van der Waals surface area contributed by atoms with Crippen LogP contribution >= 0.6 is 0 Å². The first kappa shape index (κ1) is 33.1. The van der Waals surface area contributed by atoms with Crippen LogP contribution in [0, 0.1) is 6.92 Å². The summed E-state index contributed by atoms with van der Waals surface area (Å²) >= 11 is 0. The third-order valence-corrected chi connectivity index (χ3v) is 9.13. The molecule has 0 saturated carbocycles. The number of carbonyl (C=O) groups is 2. The maximum atomic E-state index is 14.4. The number of nitrogens with one attached hydrogen (secondary N) is 1. The number of aryl methyl sites for hydroxylation is 1. The molecule has 10 heteroatoms. The van der Waals surface area contributed by atoms with Crippen molar-refractivity contribution in [2.75, 3.05) is 31.6 Å². The molecule has 45 heavy (non-hydrogen) atoms. The molecule has 0 heterocycles. The van der Waals surface area contributed by atoms with Crippen molar-refractivity contribution >= 4 is 27.5 Å². The number of anilines is 1. The van der Waals surface area contributed by atoms with Crippen molar-refractivity contribution < 1.29 is 27.5 Å². The Balaban J connectivity index is 1.79. The fourth-order valence-corrected chi connectivity index (χ4v) is 6.39. The summed E-state index contributed by atoms with van der Waals surface area (Å²) in [5.41, 5.74) is 3.03. The number of sulfonamides is 1. The Hall–Kier alpha value is -4.83. The molecule has 0 unspecified atom stereocenters. The first-order chi connectivity index (χ1) is 21.7. The maximum Gasteiger partial charge on any atom is 0.264 e. The highest BCUT2D eigenvalue weighted by Gasteiger charge is 2.34. The van der Waals surface area contributed by atoms with Gasteiger partial charge in [0, 0.05) is 25.6 Å². The van der Waals surface area contributed by atoms with E-state index < -0.39 is 28.5 Å². The smallest absolute Gasteiger partial charge is 0.264 e. The lowest BCUT2D eigenvalue weighted by molar-refractivity contribution is -0.140. The van der Waals surface area contributed by atoms with Crippen LogP contribution in [0.25, 0.3) is 0 Å². The van der Waals surface area contributed by atoms with Crippen molar-refractivity contribution in [1.29, 1.82) is 0 Å². The second-order valence-corrected chi connectivity index (χ2v) is 12.3. The highest BCUT2D eigenvalue weighted by molar-refractivity contribution is 7.92. The van der Waals surface area contributed by atoms with Gasteiger partial charge < -0.3 is 19.7 Å². The summed E-state index contributed by atoms with van der Waals surface area (Å²) < 4.78 is 40.2. The van der Waals surface area contributed by atoms with E-state index in [-0.39, 0.29) is 29.5 Å². The van der Waals surface area contributed by atoms with Crippen LogP contribution in [0.5, 0.6) is 11.5 Å². The normalized spacial score (nSPS) is 11.7. The maximum absolute atomic E-state index is 14.4. The fourth-order valence-electron chi connectivity index (χ4n) is 4.96. The molecule has 0 aliphatic heterocycles. The third-order valence-electron chi connectivity index (χ3n) is 7.36. The minimum atomic E-state index is -4.28. The number of para-hydroxylation sites is 1. The number of hydrogen-bond donors (Lipinski definition) is 1. The fraction of sp³-hybridized carbons (Fsp3) is 0.257. The molecular formula is C35H39N3O6S. The Morgan fingerprint density at radius 3 is 2.02 bits per heavy atom. The lowest BCUT2D eigenvalue weighted by atomic mass is 10.0. The average Bonchev–Trinajstić information content (AvgIpc) is 3.06. The van der Waals surface area contributed by atoms with Crippen molar-refractivity contribution in [2.24, 2.45) is 0 Å². The second-order valence-electron chi connectivity index (χ2n) is 10.5. The molecule has 0 spiro atoms. The van der Waals surface area contributed by atoms with E-state index in [1.54, 1.807) is 30.3 Å². The summed E-state index contributed by atoms with van der Waals surface area (Å²) in [6.07, 6.45) is 0.248. The Bertz CT molecular complexity index is 1680. The molecule has 1 atom stereocenters. The van der Waals surface area contributed by atoms with Crippen molar-refractivity contribution in [3.63, 3.8) is 0 Å². The van der Waals surface area contributed by atoms with E-state index in [9.17, 15) is 18.0 Å². The predicted octanol–water partition coefficient (Wildman–Crippen LogP) is 4.98. The van der Waals surface area contributed by atoms with Gasteiger partial charge in [0.25, 0.3) is 10.0 Å². The van der Waals surface area contributed by atoms with E-state index in [1.807, 2.05) is 68.4 Å². The zero-order chi connectivity index (χ0) is 32.4. The van der Waals surface area contributed by atoms with Gasteiger partial charge in [-0.1, -0.05) is 78.4 Å². The van der Waals surface area contributed by atoms with Crippen LogP contribution in [-0.2, 0) is 32.6 Å². The summed E-state index contributed by atoms with van der Waals surface area (Å²) in [7, 11) is -1.40. The van der Waals surface area contributed by atoms with Crippen LogP contribution in [0.1, 0.15) is 23.6 Å². The first-order valence-corrected chi connectivity index (χ1v) is 16.1.